The van der Waals surface area contributed by atoms with Crippen LogP contribution in [0.3, 0.4) is 0 Å². The van der Waals surface area contributed by atoms with Crippen LogP contribution in [-0.4, -0.2) is 15.0 Å². The molecule has 17 heavy (non-hydrogen) atoms. The minimum Gasteiger partial charge on any atom is -0.234 e. The molecule has 0 aliphatic rings. The molecule has 4 heteroatoms. The molecule has 0 saturated heterocycles. The summed E-state index contributed by atoms with van der Waals surface area (Å²) in [6.07, 6.45) is 5.77. The molecule has 1 aromatic heterocycles. The van der Waals surface area contributed by atoms with Crippen molar-refractivity contribution in [3.05, 3.63) is 10.8 Å². The quantitative estimate of drug-likeness (QED) is 0.719. The first-order valence-corrected chi connectivity index (χ1v) is 6.89. The Kier molecular flexibility index (Phi) is 5.44. The highest BCUT2D eigenvalue weighted by atomic mass is 35.5. The van der Waals surface area contributed by atoms with Crippen molar-refractivity contribution < 1.29 is 0 Å². The highest BCUT2D eigenvalue weighted by molar-refractivity contribution is 6.30. The summed E-state index contributed by atoms with van der Waals surface area (Å²) in [6, 6.07) is 0. The van der Waals surface area contributed by atoms with Gasteiger partial charge in [0.15, 0.2) is 5.15 Å². The molecule has 3 nitrogen and oxygen atoms in total. The van der Waals surface area contributed by atoms with Crippen LogP contribution >= 0.6 is 11.6 Å². The smallest absolute Gasteiger partial charge is 0.150 e. The molecule has 0 fully saturated rings. The second-order valence-electron chi connectivity index (χ2n) is 5.85. The Morgan fingerprint density at radius 3 is 2.47 bits per heavy atom. The number of aryl methyl sites for hydroxylation is 1. The van der Waals surface area contributed by atoms with Gasteiger partial charge in [-0.25, -0.2) is 4.68 Å². The summed E-state index contributed by atoms with van der Waals surface area (Å²) >= 11 is 6.28. The van der Waals surface area contributed by atoms with Crippen molar-refractivity contribution in [2.24, 2.45) is 5.41 Å². The largest absolute Gasteiger partial charge is 0.234 e. The van der Waals surface area contributed by atoms with Crippen molar-refractivity contribution in [2.75, 3.05) is 0 Å². The summed E-state index contributed by atoms with van der Waals surface area (Å²) in [5, 5.41) is 9.03. The Balaban J connectivity index is 2.52. The lowest BCUT2D eigenvalue weighted by Crippen LogP contribution is -2.10. The molecule has 0 spiro atoms. The molecule has 1 aromatic rings. The summed E-state index contributed by atoms with van der Waals surface area (Å²) in [6.45, 7) is 9.65. The van der Waals surface area contributed by atoms with E-state index in [4.69, 9.17) is 11.6 Å². The Morgan fingerprint density at radius 2 is 1.88 bits per heavy atom. The van der Waals surface area contributed by atoms with Gasteiger partial charge in [0.25, 0.3) is 0 Å². The topological polar surface area (TPSA) is 30.7 Å². The molecule has 0 bridgehead atoms. The Labute approximate surface area is 110 Å². The zero-order chi connectivity index (χ0) is 12.9. The molecule has 1 heterocycles. The molecule has 0 N–H and O–H groups in total. The van der Waals surface area contributed by atoms with Crippen molar-refractivity contribution in [1.82, 2.24) is 15.0 Å². The monoisotopic (exact) mass is 257 g/mol. The normalized spacial score (nSPS) is 12.1. The molecule has 0 aromatic carbocycles. The van der Waals surface area contributed by atoms with Crippen LogP contribution in [0.2, 0.25) is 5.15 Å². The number of hydrogen-bond acceptors (Lipinski definition) is 2. The maximum atomic E-state index is 6.28. The van der Waals surface area contributed by atoms with Crippen LogP contribution in [0, 0.1) is 5.41 Å². The average molecular weight is 258 g/mol. The number of aromatic nitrogens is 3. The van der Waals surface area contributed by atoms with E-state index in [-0.39, 0.29) is 5.41 Å². The van der Waals surface area contributed by atoms with Gasteiger partial charge in [-0.05, 0) is 18.3 Å². The molecule has 0 saturated carbocycles. The summed E-state index contributed by atoms with van der Waals surface area (Å²) in [5.41, 5.74) is 1.13. The van der Waals surface area contributed by atoms with Crippen LogP contribution in [0.1, 0.15) is 59.1 Å². The van der Waals surface area contributed by atoms with Gasteiger partial charge in [-0.1, -0.05) is 63.8 Å². The standard InChI is InChI=1S/C13H24ClN3/c1-5-6-7-8-9-17-12(14)11(15-16-17)10-13(2,3)4/h5-10H2,1-4H3. The van der Waals surface area contributed by atoms with Crippen molar-refractivity contribution in [3.8, 4) is 0 Å². The minimum atomic E-state index is 0.201. The molecule has 98 valence electrons. The van der Waals surface area contributed by atoms with E-state index in [0.29, 0.717) is 0 Å². The first-order valence-electron chi connectivity index (χ1n) is 6.52. The molecule has 0 radical (unpaired) electrons. The van der Waals surface area contributed by atoms with Gasteiger partial charge in [0.2, 0.25) is 0 Å². The third kappa shape index (κ3) is 5.07. The lowest BCUT2D eigenvalue weighted by molar-refractivity contribution is 0.406. The number of unbranched alkanes of at least 4 members (excludes halogenated alkanes) is 3. The van der Waals surface area contributed by atoms with Gasteiger partial charge < -0.3 is 0 Å². The van der Waals surface area contributed by atoms with E-state index in [9.17, 15) is 0 Å². The van der Waals surface area contributed by atoms with Gasteiger partial charge in [0, 0.05) is 6.54 Å². The lowest BCUT2D eigenvalue weighted by Gasteiger charge is -2.15. The van der Waals surface area contributed by atoms with Crippen LogP contribution in [0.15, 0.2) is 0 Å². The second kappa shape index (κ2) is 6.39. The lowest BCUT2D eigenvalue weighted by atomic mass is 9.91. The van der Waals surface area contributed by atoms with Crippen molar-refractivity contribution >= 4 is 11.6 Å². The third-order valence-electron chi connectivity index (χ3n) is 2.66. The fourth-order valence-electron chi connectivity index (χ4n) is 1.78. The Hall–Kier alpha value is -0.570. The SMILES string of the molecule is CCCCCCn1nnc(CC(C)(C)C)c1Cl. The summed E-state index contributed by atoms with van der Waals surface area (Å²) in [5.74, 6) is 0. The zero-order valence-electron chi connectivity index (χ0n) is 11.5. The predicted octanol–water partition coefficient (Wildman–Crippen LogP) is 4.10. The van der Waals surface area contributed by atoms with Crippen LogP contribution in [-0.2, 0) is 13.0 Å². The molecule has 0 aliphatic heterocycles. The fourth-order valence-corrected chi connectivity index (χ4v) is 2.00. The molecular formula is C13H24ClN3. The summed E-state index contributed by atoms with van der Waals surface area (Å²) < 4.78 is 1.83. The minimum absolute atomic E-state index is 0.201. The van der Waals surface area contributed by atoms with Gasteiger partial charge in [0.1, 0.15) is 5.69 Å². The predicted molar refractivity (Wildman–Crippen MR) is 72.3 cm³/mol. The number of halogens is 1. The highest BCUT2D eigenvalue weighted by Crippen LogP contribution is 2.24. The van der Waals surface area contributed by atoms with Crippen LogP contribution in [0.25, 0.3) is 0 Å². The first-order chi connectivity index (χ1) is 7.94. The highest BCUT2D eigenvalue weighted by Gasteiger charge is 2.18. The van der Waals surface area contributed by atoms with Crippen molar-refractivity contribution in [3.63, 3.8) is 0 Å². The van der Waals surface area contributed by atoms with E-state index >= 15 is 0 Å². The Bertz CT molecular complexity index is 339. The van der Waals surface area contributed by atoms with Gasteiger partial charge in [-0.3, -0.25) is 0 Å². The summed E-state index contributed by atoms with van der Waals surface area (Å²) in [4.78, 5) is 0. The maximum absolute atomic E-state index is 6.28. The first kappa shape index (κ1) is 14.5. The number of rotatable bonds is 6. The Morgan fingerprint density at radius 1 is 1.18 bits per heavy atom. The van der Waals surface area contributed by atoms with Crippen molar-refractivity contribution in [1.29, 1.82) is 0 Å². The van der Waals surface area contributed by atoms with E-state index in [0.717, 1.165) is 30.2 Å². The molecule has 0 amide bonds. The fraction of sp³-hybridized carbons (Fsp3) is 0.846. The zero-order valence-corrected chi connectivity index (χ0v) is 12.2. The molecule has 0 atom stereocenters. The van der Waals surface area contributed by atoms with Gasteiger partial charge in [-0.15, -0.1) is 5.10 Å². The molecule has 0 unspecified atom stereocenters. The van der Waals surface area contributed by atoms with Crippen LogP contribution < -0.4 is 0 Å². The van der Waals surface area contributed by atoms with Gasteiger partial charge in [0.05, 0.1) is 0 Å². The van der Waals surface area contributed by atoms with E-state index in [1.54, 1.807) is 0 Å². The molecular weight excluding hydrogens is 234 g/mol. The van der Waals surface area contributed by atoms with Crippen LogP contribution in [0.5, 0.6) is 0 Å². The molecule has 0 aliphatic carbocycles. The van der Waals surface area contributed by atoms with Gasteiger partial charge >= 0.3 is 0 Å². The van der Waals surface area contributed by atoms with E-state index in [1.807, 2.05) is 4.68 Å². The van der Waals surface area contributed by atoms with E-state index < -0.39 is 0 Å². The number of hydrogen-bond donors (Lipinski definition) is 0. The van der Waals surface area contributed by atoms with Gasteiger partial charge in [-0.2, -0.15) is 0 Å². The third-order valence-corrected chi connectivity index (χ3v) is 3.07. The average Bonchev–Trinajstić information content (AvgIpc) is 2.54. The van der Waals surface area contributed by atoms with E-state index in [1.165, 1.54) is 19.3 Å². The van der Waals surface area contributed by atoms with Crippen LogP contribution in [0.4, 0.5) is 0 Å². The molecule has 1 rings (SSSR count). The second-order valence-corrected chi connectivity index (χ2v) is 6.21. The van der Waals surface area contributed by atoms with E-state index in [2.05, 4.69) is 38.0 Å². The maximum Gasteiger partial charge on any atom is 0.150 e. The summed E-state index contributed by atoms with van der Waals surface area (Å²) in [7, 11) is 0. The van der Waals surface area contributed by atoms with Crippen molar-refractivity contribution in [2.45, 2.75) is 66.3 Å². The number of nitrogens with zero attached hydrogens (tertiary/aromatic N) is 3.